The molecule has 1 atom stereocenters. The minimum atomic E-state index is -0.486. The molecule has 2 aromatic rings. The lowest BCUT2D eigenvalue weighted by Crippen LogP contribution is -2.48. The second-order valence-electron chi connectivity index (χ2n) is 6.77. The Morgan fingerprint density at radius 3 is 2.77 bits per heavy atom. The number of likely N-dealkylation sites (tertiary alicyclic amines) is 1. The molecule has 0 radical (unpaired) electrons. The highest BCUT2D eigenvalue weighted by Crippen LogP contribution is 2.27. The Balaban J connectivity index is 1.68. The molecule has 1 saturated heterocycles. The van der Waals surface area contributed by atoms with E-state index < -0.39 is 11.9 Å². The van der Waals surface area contributed by atoms with Gasteiger partial charge in [-0.05, 0) is 37.1 Å². The number of nitrogens with one attached hydrogen (secondary N) is 3. The van der Waals surface area contributed by atoms with Crippen LogP contribution < -0.4 is 20.7 Å². The average molecular weight is 411 g/mol. The van der Waals surface area contributed by atoms with Crippen LogP contribution in [0.5, 0.6) is 5.75 Å². The molecule has 158 valence electrons. The molecule has 1 aromatic heterocycles. The van der Waals surface area contributed by atoms with Gasteiger partial charge in [-0.3, -0.25) is 14.4 Å². The molecule has 9 nitrogen and oxygen atoms in total. The van der Waals surface area contributed by atoms with Gasteiger partial charge in [0.15, 0.2) is 0 Å². The minimum Gasteiger partial charge on any atom is -0.495 e. The Labute approximate surface area is 174 Å². The van der Waals surface area contributed by atoms with Crippen molar-refractivity contribution in [3.05, 3.63) is 48.2 Å². The van der Waals surface area contributed by atoms with Crippen LogP contribution in [-0.2, 0) is 9.59 Å². The van der Waals surface area contributed by atoms with Gasteiger partial charge in [-0.2, -0.15) is 0 Å². The Kier molecular flexibility index (Phi) is 6.84. The van der Waals surface area contributed by atoms with Crippen molar-refractivity contribution >= 4 is 29.2 Å². The summed E-state index contributed by atoms with van der Waals surface area (Å²) in [7, 11) is 3.10. The molecule has 2 heterocycles. The van der Waals surface area contributed by atoms with Gasteiger partial charge < -0.3 is 25.6 Å². The maximum atomic E-state index is 12.7. The maximum Gasteiger partial charge on any atom is 0.255 e. The zero-order chi connectivity index (χ0) is 21.5. The number of carbonyl (C=O) groups is 3. The Morgan fingerprint density at radius 1 is 1.20 bits per heavy atom. The van der Waals surface area contributed by atoms with Crippen molar-refractivity contribution < 1.29 is 19.1 Å². The van der Waals surface area contributed by atoms with Crippen molar-refractivity contribution in [2.75, 3.05) is 32.6 Å². The molecule has 1 aromatic carbocycles. The van der Waals surface area contributed by atoms with E-state index in [1.54, 1.807) is 38.6 Å². The quantitative estimate of drug-likeness (QED) is 0.633. The van der Waals surface area contributed by atoms with Crippen molar-refractivity contribution in [3.63, 3.8) is 0 Å². The highest BCUT2D eigenvalue weighted by atomic mass is 16.5. The topological polar surface area (TPSA) is 113 Å². The molecule has 0 spiro atoms. The van der Waals surface area contributed by atoms with E-state index in [4.69, 9.17) is 4.74 Å². The van der Waals surface area contributed by atoms with Crippen LogP contribution in [0.25, 0.3) is 0 Å². The van der Waals surface area contributed by atoms with E-state index >= 15 is 0 Å². The fourth-order valence-corrected chi connectivity index (χ4v) is 3.42. The predicted molar refractivity (Wildman–Crippen MR) is 112 cm³/mol. The largest absolute Gasteiger partial charge is 0.495 e. The summed E-state index contributed by atoms with van der Waals surface area (Å²) >= 11 is 0. The van der Waals surface area contributed by atoms with Gasteiger partial charge in [-0.1, -0.05) is 12.1 Å². The van der Waals surface area contributed by atoms with Gasteiger partial charge in [0.1, 0.15) is 17.6 Å². The predicted octanol–water partition coefficient (Wildman–Crippen LogP) is 1.30. The highest BCUT2D eigenvalue weighted by molar-refractivity contribution is 6.01. The summed E-state index contributed by atoms with van der Waals surface area (Å²) in [4.78, 5) is 43.0. The van der Waals surface area contributed by atoms with Gasteiger partial charge >= 0.3 is 0 Å². The number of amides is 3. The average Bonchev–Trinajstić information content (AvgIpc) is 3.27. The first-order valence-electron chi connectivity index (χ1n) is 9.69. The highest BCUT2D eigenvalue weighted by Gasteiger charge is 2.33. The van der Waals surface area contributed by atoms with Crippen LogP contribution in [0.2, 0.25) is 0 Å². The zero-order valence-corrected chi connectivity index (χ0v) is 17.0. The fraction of sp³-hybridized carbons (Fsp3) is 0.333. The molecule has 30 heavy (non-hydrogen) atoms. The summed E-state index contributed by atoms with van der Waals surface area (Å²) in [5.74, 6) is 0.0279. The van der Waals surface area contributed by atoms with E-state index in [1.807, 2.05) is 18.2 Å². The molecule has 3 N–H and O–H groups in total. The smallest absolute Gasteiger partial charge is 0.255 e. The molecule has 0 bridgehead atoms. The molecule has 1 fully saturated rings. The van der Waals surface area contributed by atoms with E-state index in [-0.39, 0.29) is 18.4 Å². The van der Waals surface area contributed by atoms with Gasteiger partial charge in [0.2, 0.25) is 11.8 Å². The minimum absolute atomic E-state index is 0.192. The number of ether oxygens (including phenoxy) is 1. The third-order valence-electron chi connectivity index (χ3n) is 4.93. The Morgan fingerprint density at radius 2 is 2.00 bits per heavy atom. The van der Waals surface area contributed by atoms with Crippen molar-refractivity contribution in [3.8, 4) is 5.75 Å². The van der Waals surface area contributed by atoms with Crippen LogP contribution >= 0.6 is 0 Å². The molecule has 1 unspecified atom stereocenters. The lowest BCUT2D eigenvalue weighted by Gasteiger charge is -2.23. The second kappa shape index (κ2) is 9.73. The Bertz CT molecular complexity index is 933. The summed E-state index contributed by atoms with van der Waals surface area (Å²) in [6.07, 6.45) is 2.94. The van der Waals surface area contributed by atoms with Crippen LogP contribution in [0.3, 0.4) is 0 Å². The van der Waals surface area contributed by atoms with Crippen LogP contribution in [-0.4, -0.2) is 60.9 Å². The number of anilines is 2. The third kappa shape index (κ3) is 4.68. The number of hydrogen-bond donors (Lipinski definition) is 3. The van der Waals surface area contributed by atoms with E-state index in [1.165, 1.54) is 4.90 Å². The summed E-state index contributed by atoms with van der Waals surface area (Å²) in [5, 5.41) is 8.31. The molecule has 9 heteroatoms. The summed E-state index contributed by atoms with van der Waals surface area (Å²) in [6, 6.07) is 10.1. The van der Waals surface area contributed by atoms with Crippen molar-refractivity contribution in [2.24, 2.45) is 0 Å². The summed E-state index contributed by atoms with van der Waals surface area (Å²) in [5.41, 5.74) is 0.954. The number of likely N-dealkylation sites (N-methyl/N-ethyl adjacent to an activating group) is 1. The number of pyridine rings is 1. The first-order valence-corrected chi connectivity index (χ1v) is 9.69. The van der Waals surface area contributed by atoms with Gasteiger partial charge in [0.05, 0.1) is 24.9 Å². The van der Waals surface area contributed by atoms with E-state index in [9.17, 15) is 14.4 Å². The third-order valence-corrected chi connectivity index (χ3v) is 4.93. The number of rotatable bonds is 7. The Hall–Kier alpha value is -3.62. The lowest BCUT2D eigenvalue weighted by atomic mass is 10.2. The molecule has 1 aliphatic heterocycles. The van der Waals surface area contributed by atoms with Gasteiger partial charge in [0.25, 0.3) is 5.91 Å². The van der Waals surface area contributed by atoms with E-state index in [0.29, 0.717) is 35.8 Å². The molecule has 1 aliphatic rings. The van der Waals surface area contributed by atoms with Gasteiger partial charge in [-0.15, -0.1) is 0 Å². The number of benzene rings is 1. The monoisotopic (exact) mass is 411 g/mol. The van der Waals surface area contributed by atoms with Crippen molar-refractivity contribution in [1.82, 2.24) is 20.5 Å². The number of nitrogens with zero attached hydrogens (tertiary/aromatic N) is 2. The summed E-state index contributed by atoms with van der Waals surface area (Å²) in [6.45, 7) is 0.301. The van der Waals surface area contributed by atoms with Crippen molar-refractivity contribution in [2.45, 2.75) is 18.9 Å². The first-order chi connectivity index (χ1) is 14.5. The summed E-state index contributed by atoms with van der Waals surface area (Å²) < 4.78 is 5.32. The van der Waals surface area contributed by atoms with Crippen LogP contribution in [0.15, 0.2) is 42.6 Å². The fourth-order valence-electron chi connectivity index (χ4n) is 3.42. The SMILES string of the molecule is CNC(=O)C1CCCN1C(=O)CNC(=O)c1cccnc1Nc1ccccc1OC. The van der Waals surface area contributed by atoms with Crippen LogP contribution in [0.4, 0.5) is 11.5 Å². The number of methoxy groups -OCH3 is 1. The van der Waals surface area contributed by atoms with Gasteiger partial charge in [0, 0.05) is 19.8 Å². The molecule has 3 rings (SSSR count). The van der Waals surface area contributed by atoms with Gasteiger partial charge in [-0.25, -0.2) is 4.98 Å². The number of para-hydroxylation sites is 2. The zero-order valence-electron chi connectivity index (χ0n) is 17.0. The normalized spacial score (nSPS) is 15.4. The molecular formula is C21H25N5O4. The van der Waals surface area contributed by atoms with E-state index in [0.717, 1.165) is 6.42 Å². The molecule has 0 aliphatic carbocycles. The van der Waals surface area contributed by atoms with Crippen LogP contribution in [0.1, 0.15) is 23.2 Å². The number of carbonyl (C=O) groups excluding carboxylic acids is 3. The molecule has 3 amide bonds. The van der Waals surface area contributed by atoms with E-state index in [2.05, 4.69) is 20.9 Å². The lowest BCUT2D eigenvalue weighted by molar-refractivity contribution is -0.137. The molecular weight excluding hydrogens is 386 g/mol. The van der Waals surface area contributed by atoms with Crippen molar-refractivity contribution in [1.29, 1.82) is 0 Å². The molecule has 0 saturated carbocycles. The van der Waals surface area contributed by atoms with Crippen LogP contribution in [0, 0.1) is 0 Å². The standard InChI is InChI=1S/C21H25N5O4/c1-22-21(29)16-9-6-12-26(16)18(27)13-24-20(28)14-7-5-11-23-19(14)25-15-8-3-4-10-17(15)30-2/h3-5,7-8,10-11,16H,6,9,12-13H2,1-2H3,(H,22,29)(H,23,25)(H,24,28). The number of hydrogen-bond acceptors (Lipinski definition) is 6. The number of aromatic nitrogens is 1. The maximum absolute atomic E-state index is 12.7. The second-order valence-corrected chi connectivity index (χ2v) is 6.77. The first kappa shape index (κ1) is 21.1.